The fraction of sp³-hybridized carbons (Fsp3) is 0.300. The number of fused-ring (bicyclic) bond motifs is 1. The van der Waals surface area contributed by atoms with E-state index in [0.717, 1.165) is 42.0 Å². The zero-order chi connectivity index (χ0) is 17.9. The van der Waals surface area contributed by atoms with Crippen molar-refractivity contribution in [3.05, 3.63) is 54.4 Å². The summed E-state index contributed by atoms with van der Waals surface area (Å²) in [6.07, 6.45) is 1.88. The number of amides is 1. The highest BCUT2D eigenvalue weighted by Gasteiger charge is 2.32. The molecule has 1 saturated heterocycles. The maximum absolute atomic E-state index is 12.7. The molecule has 1 fully saturated rings. The standard InChI is InChI=1S/C20H21N3O3/c1-25-14-8-10-15(11-9-14)26-13-19(24)23-12-4-7-18(23)20-21-16-5-2-3-6-17(16)22-20/h2-3,5-6,8-11,18H,4,7,12-13H2,1H3,(H,21,22). The second-order valence-corrected chi connectivity index (χ2v) is 6.35. The molecule has 4 rings (SSSR count). The number of likely N-dealkylation sites (tertiary alicyclic amines) is 1. The number of imidazole rings is 1. The van der Waals surface area contributed by atoms with E-state index in [-0.39, 0.29) is 18.6 Å². The van der Waals surface area contributed by atoms with Crippen LogP contribution in [-0.2, 0) is 4.79 Å². The Hall–Kier alpha value is -3.02. The number of nitrogens with one attached hydrogen (secondary N) is 1. The van der Waals surface area contributed by atoms with Crippen molar-refractivity contribution in [2.24, 2.45) is 0 Å². The number of carbonyl (C=O) groups excluding carboxylic acids is 1. The van der Waals surface area contributed by atoms with Crippen LogP contribution in [0.3, 0.4) is 0 Å². The summed E-state index contributed by atoms with van der Waals surface area (Å²) in [6, 6.07) is 15.1. The Labute approximate surface area is 151 Å². The lowest BCUT2D eigenvalue weighted by Crippen LogP contribution is -2.34. The highest BCUT2D eigenvalue weighted by atomic mass is 16.5. The SMILES string of the molecule is COc1ccc(OCC(=O)N2CCCC2c2nc3ccccc3[nH]2)cc1. The first-order valence-electron chi connectivity index (χ1n) is 8.75. The van der Waals surface area contributed by atoms with E-state index in [4.69, 9.17) is 9.47 Å². The third-order valence-corrected chi connectivity index (χ3v) is 4.72. The van der Waals surface area contributed by atoms with E-state index in [1.807, 2.05) is 41.3 Å². The zero-order valence-electron chi connectivity index (χ0n) is 14.6. The maximum Gasteiger partial charge on any atom is 0.261 e. The minimum atomic E-state index is -0.0243. The monoisotopic (exact) mass is 351 g/mol. The summed E-state index contributed by atoms with van der Waals surface area (Å²) < 4.78 is 10.8. The van der Waals surface area contributed by atoms with Crippen LogP contribution < -0.4 is 9.47 Å². The van der Waals surface area contributed by atoms with Gasteiger partial charge in [-0.2, -0.15) is 0 Å². The number of aromatic nitrogens is 2. The van der Waals surface area contributed by atoms with Gasteiger partial charge in [-0.3, -0.25) is 4.79 Å². The number of methoxy groups -OCH3 is 1. The molecule has 0 bridgehead atoms. The summed E-state index contributed by atoms with van der Waals surface area (Å²) in [7, 11) is 1.62. The van der Waals surface area contributed by atoms with E-state index in [0.29, 0.717) is 5.75 Å². The normalized spacial score (nSPS) is 16.8. The van der Waals surface area contributed by atoms with Crippen LogP contribution in [0.25, 0.3) is 11.0 Å². The Kier molecular flexibility index (Phi) is 4.48. The summed E-state index contributed by atoms with van der Waals surface area (Å²) >= 11 is 0. The number of para-hydroxylation sites is 2. The van der Waals surface area contributed by atoms with Crippen molar-refractivity contribution in [3.8, 4) is 11.5 Å². The molecule has 3 aromatic rings. The molecule has 0 spiro atoms. The second kappa shape index (κ2) is 7.07. The van der Waals surface area contributed by atoms with E-state index in [9.17, 15) is 4.79 Å². The quantitative estimate of drug-likeness (QED) is 0.766. The molecule has 0 aliphatic carbocycles. The highest BCUT2D eigenvalue weighted by Crippen LogP contribution is 2.31. The van der Waals surface area contributed by atoms with Gasteiger partial charge in [-0.05, 0) is 49.2 Å². The molecule has 1 atom stereocenters. The molecule has 2 heterocycles. The summed E-state index contributed by atoms with van der Waals surface area (Å²) in [5.74, 6) is 2.23. The number of hydrogen-bond acceptors (Lipinski definition) is 4. The van der Waals surface area contributed by atoms with Crippen LogP contribution in [0.1, 0.15) is 24.7 Å². The topological polar surface area (TPSA) is 67.5 Å². The Morgan fingerprint density at radius 1 is 1.19 bits per heavy atom. The predicted octanol–water partition coefficient (Wildman–Crippen LogP) is 3.31. The Balaban J connectivity index is 1.44. The minimum absolute atomic E-state index is 0.0169. The predicted molar refractivity (Wildman–Crippen MR) is 98.3 cm³/mol. The summed E-state index contributed by atoms with van der Waals surface area (Å²) in [6.45, 7) is 0.746. The van der Waals surface area contributed by atoms with E-state index in [1.165, 1.54) is 0 Å². The van der Waals surface area contributed by atoms with E-state index >= 15 is 0 Å². The number of H-pyrrole nitrogens is 1. The highest BCUT2D eigenvalue weighted by molar-refractivity contribution is 5.79. The van der Waals surface area contributed by atoms with Crippen LogP contribution in [0.2, 0.25) is 0 Å². The summed E-state index contributed by atoms with van der Waals surface area (Å²) in [5.41, 5.74) is 1.92. The average Bonchev–Trinajstić information content (AvgIpc) is 3.32. The smallest absolute Gasteiger partial charge is 0.261 e. The molecule has 134 valence electrons. The summed E-state index contributed by atoms with van der Waals surface area (Å²) in [4.78, 5) is 22.5. The third kappa shape index (κ3) is 3.22. The second-order valence-electron chi connectivity index (χ2n) is 6.35. The lowest BCUT2D eigenvalue weighted by Gasteiger charge is -2.23. The van der Waals surface area contributed by atoms with Crippen molar-refractivity contribution in [1.29, 1.82) is 0 Å². The van der Waals surface area contributed by atoms with Gasteiger partial charge < -0.3 is 19.4 Å². The van der Waals surface area contributed by atoms with Crippen LogP contribution in [-0.4, -0.2) is 41.0 Å². The molecule has 1 aliphatic heterocycles. The van der Waals surface area contributed by atoms with Gasteiger partial charge >= 0.3 is 0 Å². The summed E-state index contributed by atoms with van der Waals surface area (Å²) in [5, 5.41) is 0. The number of hydrogen-bond donors (Lipinski definition) is 1. The fourth-order valence-corrected chi connectivity index (χ4v) is 3.38. The fourth-order valence-electron chi connectivity index (χ4n) is 3.38. The van der Waals surface area contributed by atoms with Gasteiger partial charge in [0.1, 0.15) is 17.3 Å². The zero-order valence-corrected chi connectivity index (χ0v) is 14.6. The molecule has 1 aromatic heterocycles. The Bertz CT molecular complexity index is 871. The molecule has 6 nitrogen and oxygen atoms in total. The van der Waals surface area contributed by atoms with Crippen LogP contribution in [0.5, 0.6) is 11.5 Å². The minimum Gasteiger partial charge on any atom is -0.497 e. The molecule has 1 N–H and O–H groups in total. The van der Waals surface area contributed by atoms with Gasteiger partial charge in [-0.15, -0.1) is 0 Å². The molecule has 0 radical (unpaired) electrons. The van der Waals surface area contributed by atoms with Crippen molar-refractivity contribution in [1.82, 2.24) is 14.9 Å². The molecule has 26 heavy (non-hydrogen) atoms. The first-order valence-corrected chi connectivity index (χ1v) is 8.75. The van der Waals surface area contributed by atoms with Crippen molar-refractivity contribution in [2.75, 3.05) is 20.3 Å². The number of rotatable bonds is 5. The first-order chi connectivity index (χ1) is 12.7. The largest absolute Gasteiger partial charge is 0.497 e. The lowest BCUT2D eigenvalue weighted by molar-refractivity contribution is -0.134. The van der Waals surface area contributed by atoms with E-state index < -0.39 is 0 Å². The number of aromatic amines is 1. The number of benzene rings is 2. The Morgan fingerprint density at radius 2 is 1.96 bits per heavy atom. The van der Waals surface area contributed by atoms with Gasteiger partial charge in [-0.1, -0.05) is 12.1 Å². The molecular formula is C20H21N3O3. The van der Waals surface area contributed by atoms with Gasteiger partial charge in [-0.25, -0.2) is 4.98 Å². The third-order valence-electron chi connectivity index (χ3n) is 4.72. The number of ether oxygens (including phenoxy) is 2. The van der Waals surface area contributed by atoms with Gasteiger partial charge in [0.25, 0.3) is 5.91 Å². The first kappa shape index (κ1) is 16.4. The van der Waals surface area contributed by atoms with Crippen LogP contribution in [0, 0.1) is 0 Å². The van der Waals surface area contributed by atoms with Crippen LogP contribution in [0.15, 0.2) is 48.5 Å². The average molecular weight is 351 g/mol. The number of carbonyl (C=O) groups is 1. The molecule has 6 heteroatoms. The molecule has 0 saturated carbocycles. The lowest BCUT2D eigenvalue weighted by atomic mass is 10.2. The van der Waals surface area contributed by atoms with Gasteiger partial charge in [0, 0.05) is 6.54 Å². The van der Waals surface area contributed by atoms with Crippen molar-refractivity contribution in [3.63, 3.8) is 0 Å². The van der Waals surface area contributed by atoms with Gasteiger partial charge in [0.2, 0.25) is 0 Å². The van der Waals surface area contributed by atoms with Crippen molar-refractivity contribution in [2.45, 2.75) is 18.9 Å². The molecular weight excluding hydrogens is 330 g/mol. The van der Waals surface area contributed by atoms with E-state index in [1.54, 1.807) is 19.2 Å². The van der Waals surface area contributed by atoms with Crippen molar-refractivity contribution >= 4 is 16.9 Å². The van der Waals surface area contributed by atoms with Crippen molar-refractivity contribution < 1.29 is 14.3 Å². The molecule has 1 aliphatic rings. The number of nitrogens with zero attached hydrogens (tertiary/aromatic N) is 2. The maximum atomic E-state index is 12.7. The van der Waals surface area contributed by atoms with E-state index in [2.05, 4.69) is 9.97 Å². The molecule has 1 unspecified atom stereocenters. The van der Waals surface area contributed by atoms with Crippen LogP contribution in [0.4, 0.5) is 0 Å². The van der Waals surface area contributed by atoms with Gasteiger partial charge in [0.15, 0.2) is 6.61 Å². The Morgan fingerprint density at radius 3 is 2.73 bits per heavy atom. The van der Waals surface area contributed by atoms with Crippen LogP contribution >= 0.6 is 0 Å². The molecule has 1 amide bonds. The molecule has 2 aromatic carbocycles. The van der Waals surface area contributed by atoms with Gasteiger partial charge in [0.05, 0.1) is 24.2 Å².